The summed E-state index contributed by atoms with van der Waals surface area (Å²) in [4.78, 5) is 27.8. The molecule has 1 aliphatic carbocycles. The summed E-state index contributed by atoms with van der Waals surface area (Å²) in [5, 5.41) is 34.2. The molecule has 2 aromatic rings. The predicted molar refractivity (Wildman–Crippen MR) is 91.0 cm³/mol. The van der Waals surface area contributed by atoms with Gasteiger partial charge in [0.15, 0.2) is 10.8 Å². The first-order chi connectivity index (χ1) is 13.4. The van der Waals surface area contributed by atoms with E-state index in [2.05, 4.69) is 5.16 Å². The van der Waals surface area contributed by atoms with E-state index in [4.69, 9.17) is 4.84 Å². The van der Waals surface area contributed by atoms with Crippen LogP contribution in [0.25, 0.3) is 0 Å². The third kappa shape index (κ3) is 1.96. The third-order valence-electron chi connectivity index (χ3n) is 5.23. The fourth-order valence-corrected chi connectivity index (χ4v) is 3.91. The quantitative estimate of drug-likeness (QED) is 0.460. The minimum Gasteiger partial charge on any atom is -0.317 e. The van der Waals surface area contributed by atoms with Crippen LogP contribution in [0.4, 0.5) is 10.1 Å². The molecule has 8 nitrogen and oxygen atoms in total. The molecule has 4 rings (SSSR count). The number of carbonyl (C=O) groups is 1. The van der Waals surface area contributed by atoms with Crippen molar-refractivity contribution in [2.75, 3.05) is 0 Å². The van der Waals surface area contributed by atoms with Gasteiger partial charge in [-0.15, -0.1) is 0 Å². The van der Waals surface area contributed by atoms with E-state index < -0.39 is 33.5 Å². The van der Waals surface area contributed by atoms with Crippen molar-refractivity contribution in [1.82, 2.24) is 0 Å². The molecule has 28 heavy (non-hydrogen) atoms. The predicted octanol–water partition coefficient (Wildman–Crippen LogP) is 2.81. The maximum absolute atomic E-state index is 13.3. The molecule has 0 bridgehead atoms. The molecule has 136 valence electrons. The lowest BCUT2D eigenvalue weighted by atomic mass is 9.86. The Bertz CT molecular complexity index is 1110. The van der Waals surface area contributed by atoms with Crippen LogP contribution in [0.1, 0.15) is 17.0 Å². The number of halogens is 1. The molecular weight excluding hydrogens is 367 g/mol. The lowest BCUT2D eigenvalue weighted by Crippen LogP contribution is -2.28. The fourth-order valence-electron chi connectivity index (χ4n) is 3.91. The van der Waals surface area contributed by atoms with Crippen LogP contribution in [0.5, 0.6) is 0 Å². The van der Waals surface area contributed by atoms with Crippen LogP contribution >= 0.6 is 0 Å². The summed E-state index contributed by atoms with van der Waals surface area (Å²) >= 11 is 0. The Morgan fingerprint density at radius 1 is 1.11 bits per heavy atom. The Morgan fingerprint density at radius 2 is 1.71 bits per heavy atom. The molecule has 1 spiro atoms. The number of nitrogens with zero attached hydrogens (tertiary/aromatic N) is 4. The van der Waals surface area contributed by atoms with Crippen molar-refractivity contribution in [2.45, 2.75) is 5.92 Å². The molecule has 1 heterocycles. The normalized spacial score (nSPS) is 24.0. The summed E-state index contributed by atoms with van der Waals surface area (Å²) in [6, 6.07) is 14.2. The fraction of sp³-hybridized carbons (Fsp3) is 0.158. The topological polar surface area (TPSA) is 129 Å². The molecule has 1 saturated carbocycles. The maximum Gasteiger partial charge on any atom is 0.350 e. The number of oxime groups is 1. The van der Waals surface area contributed by atoms with Gasteiger partial charge in [0.25, 0.3) is 5.69 Å². The average molecular weight is 376 g/mol. The zero-order valence-electron chi connectivity index (χ0n) is 14.0. The van der Waals surface area contributed by atoms with Gasteiger partial charge >= 0.3 is 5.97 Å². The second-order valence-electron chi connectivity index (χ2n) is 6.45. The number of hydrogen-bond donors (Lipinski definition) is 0. The van der Waals surface area contributed by atoms with Gasteiger partial charge in [0, 0.05) is 23.6 Å². The number of nitro benzene ring substituents is 1. The molecule has 2 aromatic carbocycles. The third-order valence-corrected chi connectivity index (χ3v) is 5.23. The molecule has 2 atom stereocenters. The lowest BCUT2D eigenvalue weighted by molar-refractivity contribution is -0.384. The van der Waals surface area contributed by atoms with Crippen molar-refractivity contribution in [2.24, 2.45) is 16.0 Å². The van der Waals surface area contributed by atoms with Gasteiger partial charge in [0.1, 0.15) is 11.5 Å². The number of carbonyl (C=O) groups excluding carboxylic acids is 1. The van der Waals surface area contributed by atoms with E-state index in [1.165, 1.54) is 36.4 Å². The molecule has 0 N–H and O–H groups in total. The Balaban J connectivity index is 1.87. The number of benzene rings is 2. The second kappa shape index (κ2) is 5.69. The number of nitro groups is 1. The summed E-state index contributed by atoms with van der Waals surface area (Å²) < 4.78 is 13.3. The van der Waals surface area contributed by atoms with Crippen molar-refractivity contribution in [1.29, 1.82) is 10.5 Å². The van der Waals surface area contributed by atoms with Gasteiger partial charge in [-0.2, -0.15) is 10.5 Å². The van der Waals surface area contributed by atoms with E-state index in [9.17, 15) is 29.8 Å². The van der Waals surface area contributed by atoms with Crippen molar-refractivity contribution in [3.05, 3.63) is 75.6 Å². The van der Waals surface area contributed by atoms with Crippen LogP contribution in [0.15, 0.2) is 53.7 Å². The Kier molecular flexibility index (Phi) is 3.52. The molecule has 1 aliphatic heterocycles. The molecule has 1 fully saturated rings. The zero-order chi connectivity index (χ0) is 20.1. The van der Waals surface area contributed by atoms with Crippen LogP contribution in [0.3, 0.4) is 0 Å². The summed E-state index contributed by atoms with van der Waals surface area (Å²) in [6.45, 7) is 0. The zero-order valence-corrected chi connectivity index (χ0v) is 14.0. The molecule has 0 radical (unpaired) electrons. The van der Waals surface area contributed by atoms with E-state index in [0.717, 1.165) is 12.1 Å². The molecule has 2 unspecified atom stereocenters. The number of rotatable bonds is 3. The highest BCUT2D eigenvalue weighted by atomic mass is 19.1. The van der Waals surface area contributed by atoms with Crippen molar-refractivity contribution >= 4 is 17.4 Å². The van der Waals surface area contributed by atoms with Crippen LogP contribution in [-0.2, 0) is 9.63 Å². The van der Waals surface area contributed by atoms with Crippen LogP contribution in [0.2, 0.25) is 0 Å². The van der Waals surface area contributed by atoms with E-state index in [-0.39, 0.29) is 11.4 Å². The van der Waals surface area contributed by atoms with Gasteiger partial charge in [-0.1, -0.05) is 29.4 Å². The monoisotopic (exact) mass is 376 g/mol. The van der Waals surface area contributed by atoms with Gasteiger partial charge in [-0.25, -0.2) is 9.18 Å². The van der Waals surface area contributed by atoms with Gasteiger partial charge < -0.3 is 4.84 Å². The molecule has 2 aliphatic rings. The first-order valence-electron chi connectivity index (χ1n) is 8.05. The molecule has 0 aromatic heterocycles. The van der Waals surface area contributed by atoms with Crippen molar-refractivity contribution in [3.63, 3.8) is 0 Å². The van der Waals surface area contributed by atoms with Crippen molar-refractivity contribution in [3.8, 4) is 12.1 Å². The second-order valence-corrected chi connectivity index (χ2v) is 6.45. The largest absolute Gasteiger partial charge is 0.350 e. The van der Waals surface area contributed by atoms with E-state index in [1.54, 1.807) is 0 Å². The van der Waals surface area contributed by atoms with Gasteiger partial charge in [-0.05, 0) is 17.7 Å². The van der Waals surface area contributed by atoms with Gasteiger partial charge in [-0.3, -0.25) is 10.1 Å². The smallest absolute Gasteiger partial charge is 0.317 e. The highest BCUT2D eigenvalue weighted by Gasteiger charge is 2.88. The number of non-ortho nitro benzene ring substituents is 1. The van der Waals surface area contributed by atoms with E-state index in [1.807, 2.05) is 12.1 Å². The minimum absolute atomic E-state index is 0.0592. The summed E-state index contributed by atoms with van der Waals surface area (Å²) in [7, 11) is 0. The highest BCUT2D eigenvalue weighted by Crippen LogP contribution is 2.76. The van der Waals surface area contributed by atoms with Crippen molar-refractivity contribution < 1.29 is 18.9 Å². The minimum atomic E-state index is -1.80. The van der Waals surface area contributed by atoms with Crippen LogP contribution in [0, 0.1) is 49.4 Å². The first kappa shape index (κ1) is 17.3. The SMILES string of the molecule is N#CC1(C#N)C(c2ccc([N+](=O)[O-])cc2)C12C(=O)ON=C2c1ccc(F)cc1. The summed E-state index contributed by atoms with van der Waals surface area (Å²) in [5.74, 6) is -2.30. The van der Waals surface area contributed by atoms with Gasteiger partial charge in [0.05, 0.1) is 17.1 Å². The average Bonchev–Trinajstić information content (AvgIpc) is 3.19. The highest BCUT2D eigenvalue weighted by molar-refractivity contribution is 6.23. The van der Waals surface area contributed by atoms with Crippen LogP contribution < -0.4 is 0 Å². The Hall–Kier alpha value is -4.11. The van der Waals surface area contributed by atoms with Gasteiger partial charge in [0.2, 0.25) is 0 Å². The first-order valence-corrected chi connectivity index (χ1v) is 8.05. The van der Waals surface area contributed by atoms with E-state index >= 15 is 0 Å². The maximum atomic E-state index is 13.3. The number of hydrogen-bond acceptors (Lipinski definition) is 7. The standard InChI is InChI=1S/C19H9FN4O4/c20-13-5-1-12(2-6-13)16-19(17(25)28-23-16)15(18(19,9-21)10-22)11-3-7-14(8-4-11)24(26)27/h1-8,15H. The summed E-state index contributed by atoms with van der Waals surface area (Å²) in [5.41, 5.74) is -2.87. The lowest BCUT2D eigenvalue weighted by Gasteiger charge is -2.09. The molecule has 0 saturated heterocycles. The number of nitriles is 2. The summed E-state index contributed by atoms with van der Waals surface area (Å²) in [6.07, 6.45) is 0. The van der Waals surface area contributed by atoms with Crippen LogP contribution in [-0.4, -0.2) is 16.6 Å². The van der Waals surface area contributed by atoms with E-state index in [0.29, 0.717) is 11.1 Å². The molecular formula is C19H9FN4O4. The Labute approximate surface area is 157 Å². The molecule has 9 heteroatoms. The Morgan fingerprint density at radius 3 is 2.25 bits per heavy atom. The molecule has 0 amide bonds.